The molecule has 1 aromatic heterocycles. The van der Waals surface area contributed by atoms with E-state index in [1.165, 1.54) is 109 Å². The second-order valence-corrected chi connectivity index (χ2v) is 18.4. The van der Waals surface area contributed by atoms with Crippen molar-refractivity contribution in [2.24, 2.45) is 0 Å². The molecule has 1 aromatic rings. The highest BCUT2D eigenvalue weighted by Gasteiger charge is 2.16. The number of aliphatic hydroxyl groups excluding tert-OH is 1. The molecule has 10 heteroatoms. The van der Waals surface area contributed by atoms with Crippen molar-refractivity contribution in [3.05, 3.63) is 24.3 Å². The predicted octanol–water partition coefficient (Wildman–Crippen LogP) is 13.4. The molecule has 0 spiro atoms. The van der Waals surface area contributed by atoms with E-state index < -0.39 is 6.10 Å². The number of carbonyl (C=O) groups excluding carboxylic acids is 3. The van der Waals surface area contributed by atoms with Crippen LogP contribution in [0.1, 0.15) is 263 Å². The number of nitrogens with zero attached hydrogens (tertiary/aromatic N) is 3. The van der Waals surface area contributed by atoms with E-state index in [4.69, 9.17) is 9.47 Å². The highest BCUT2D eigenvalue weighted by atomic mass is 16.5. The van der Waals surface area contributed by atoms with E-state index in [0.29, 0.717) is 39.0 Å². The van der Waals surface area contributed by atoms with Gasteiger partial charge < -0.3 is 24.8 Å². The summed E-state index contributed by atoms with van der Waals surface area (Å²) in [6.45, 7) is 10.3. The van der Waals surface area contributed by atoms with Crippen LogP contribution in [0.2, 0.25) is 0 Å². The average Bonchev–Trinajstić information content (AvgIpc) is 3.28. The lowest BCUT2D eigenvalue weighted by atomic mass is 10.0. The van der Waals surface area contributed by atoms with Gasteiger partial charge in [-0.3, -0.25) is 14.4 Å². The number of unbranched alkanes of at least 4 members (excludes halogenated alkanes) is 25. The Morgan fingerprint density at radius 2 is 1.00 bits per heavy atom. The quantitative estimate of drug-likeness (QED) is 0.0485. The Bertz CT molecular complexity index is 1160. The van der Waals surface area contributed by atoms with Crippen molar-refractivity contribution in [1.82, 2.24) is 20.2 Å². The fourth-order valence-electron chi connectivity index (χ4n) is 8.29. The summed E-state index contributed by atoms with van der Waals surface area (Å²) in [4.78, 5) is 47.8. The Labute approximate surface area is 387 Å². The Morgan fingerprint density at radius 1 is 0.556 bits per heavy atom. The summed E-state index contributed by atoms with van der Waals surface area (Å²) < 4.78 is 11.6. The number of ether oxygens (including phenoxy) is 2. The SMILES string of the molecule is CCCCCCCCCCCOC(=O)CCCCCN(CCCCCCCC(=O)OC(CCCCCCCC)CCCCCCCC)CC(O)CCCCNC(=O)c1ncccn1. The first-order valence-electron chi connectivity index (χ1n) is 26.7. The molecule has 0 bridgehead atoms. The maximum absolute atomic E-state index is 12.9. The van der Waals surface area contributed by atoms with Crippen LogP contribution in [0.3, 0.4) is 0 Å². The van der Waals surface area contributed by atoms with Gasteiger partial charge >= 0.3 is 11.9 Å². The summed E-state index contributed by atoms with van der Waals surface area (Å²) in [5.41, 5.74) is 0. The summed E-state index contributed by atoms with van der Waals surface area (Å²) in [7, 11) is 0. The van der Waals surface area contributed by atoms with Crippen LogP contribution in [0.4, 0.5) is 0 Å². The molecule has 10 nitrogen and oxygen atoms in total. The number of amides is 1. The molecule has 1 atom stereocenters. The first-order chi connectivity index (χ1) is 30.9. The summed E-state index contributed by atoms with van der Waals surface area (Å²) in [5, 5.41) is 13.9. The van der Waals surface area contributed by atoms with E-state index >= 15 is 0 Å². The standard InChI is InChI=1S/C53H98N4O6/c1-4-7-10-13-16-17-18-24-34-46-62-50(59)39-29-25-33-45-57(47-48(58)36-30-31-41-56-53(61)52-54-42-35-43-55-52)44-32-23-19-22-28-40-51(60)63-49(37-26-20-14-11-8-5-2)38-27-21-15-12-9-6-3/h35,42-43,48-49,58H,4-34,36-41,44-47H2,1-3H3,(H,56,61). The van der Waals surface area contributed by atoms with Crippen molar-refractivity contribution in [1.29, 1.82) is 0 Å². The van der Waals surface area contributed by atoms with Gasteiger partial charge in [0, 0.05) is 38.3 Å². The van der Waals surface area contributed by atoms with Gasteiger partial charge in [0.05, 0.1) is 12.7 Å². The Kier molecular flexibility index (Phi) is 41.4. The Balaban J connectivity index is 2.41. The van der Waals surface area contributed by atoms with Crippen LogP contribution < -0.4 is 5.32 Å². The third kappa shape index (κ3) is 38.4. The van der Waals surface area contributed by atoms with Crippen molar-refractivity contribution >= 4 is 17.8 Å². The van der Waals surface area contributed by atoms with Gasteiger partial charge in [0.25, 0.3) is 5.91 Å². The number of carbonyl (C=O) groups is 3. The summed E-state index contributed by atoms with van der Waals surface area (Å²) in [6.07, 6.45) is 42.3. The molecule has 0 aromatic carbocycles. The zero-order valence-electron chi connectivity index (χ0n) is 41.2. The minimum atomic E-state index is -0.439. The van der Waals surface area contributed by atoms with Crippen LogP contribution in [0.25, 0.3) is 0 Å². The zero-order chi connectivity index (χ0) is 45.7. The second kappa shape index (κ2) is 44.6. The maximum atomic E-state index is 12.9. The molecule has 2 N–H and O–H groups in total. The second-order valence-electron chi connectivity index (χ2n) is 18.4. The number of hydrogen-bond acceptors (Lipinski definition) is 9. The fraction of sp³-hybridized carbons (Fsp3) is 0.868. The van der Waals surface area contributed by atoms with Crippen LogP contribution in [0, 0.1) is 0 Å². The van der Waals surface area contributed by atoms with Crippen molar-refractivity contribution in [2.45, 2.75) is 264 Å². The minimum Gasteiger partial charge on any atom is -0.466 e. The zero-order valence-corrected chi connectivity index (χ0v) is 41.2. The average molecular weight is 887 g/mol. The number of nitrogens with one attached hydrogen (secondary N) is 1. The van der Waals surface area contributed by atoms with Crippen molar-refractivity contribution in [3.63, 3.8) is 0 Å². The minimum absolute atomic E-state index is 0.0169. The molecule has 0 aliphatic rings. The van der Waals surface area contributed by atoms with Gasteiger partial charge in [-0.05, 0) is 96.2 Å². The number of aromatic nitrogens is 2. The molecule has 0 aliphatic carbocycles. The number of aliphatic hydroxyl groups is 1. The first-order valence-corrected chi connectivity index (χ1v) is 26.7. The highest BCUT2D eigenvalue weighted by molar-refractivity contribution is 5.90. The molecule has 1 rings (SSSR count). The number of rotatable bonds is 47. The van der Waals surface area contributed by atoms with E-state index in [1.54, 1.807) is 18.5 Å². The first kappa shape index (κ1) is 58.4. The smallest absolute Gasteiger partial charge is 0.306 e. The number of hydrogen-bond donors (Lipinski definition) is 2. The predicted molar refractivity (Wildman–Crippen MR) is 261 cm³/mol. The topological polar surface area (TPSA) is 131 Å². The van der Waals surface area contributed by atoms with Gasteiger partial charge in [0.2, 0.25) is 5.82 Å². The van der Waals surface area contributed by atoms with Gasteiger partial charge in [0.15, 0.2) is 0 Å². The third-order valence-electron chi connectivity index (χ3n) is 12.3. The van der Waals surface area contributed by atoms with Gasteiger partial charge in [-0.1, -0.05) is 162 Å². The molecule has 63 heavy (non-hydrogen) atoms. The molecule has 1 amide bonds. The summed E-state index contributed by atoms with van der Waals surface area (Å²) in [5.74, 6) is -0.205. The molecule has 0 saturated carbocycles. The lowest BCUT2D eigenvalue weighted by Crippen LogP contribution is -2.34. The van der Waals surface area contributed by atoms with Crippen LogP contribution in [-0.4, -0.2) is 82.8 Å². The molecule has 0 radical (unpaired) electrons. The molecule has 0 aliphatic heterocycles. The van der Waals surface area contributed by atoms with Crippen LogP contribution >= 0.6 is 0 Å². The summed E-state index contributed by atoms with van der Waals surface area (Å²) in [6, 6.07) is 1.68. The van der Waals surface area contributed by atoms with Gasteiger partial charge in [-0.25, -0.2) is 9.97 Å². The van der Waals surface area contributed by atoms with E-state index in [1.807, 2.05) is 0 Å². The normalized spacial score (nSPS) is 12.0. The largest absolute Gasteiger partial charge is 0.466 e. The lowest BCUT2D eigenvalue weighted by molar-refractivity contribution is -0.150. The van der Waals surface area contributed by atoms with Crippen LogP contribution in [-0.2, 0) is 19.1 Å². The van der Waals surface area contributed by atoms with Crippen LogP contribution in [0.15, 0.2) is 18.5 Å². The van der Waals surface area contributed by atoms with E-state index in [9.17, 15) is 19.5 Å². The van der Waals surface area contributed by atoms with Gasteiger partial charge in [-0.2, -0.15) is 0 Å². The van der Waals surface area contributed by atoms with Gasteiger partial charge in [-0.15, -0.1) is 0 Å². The van der Waals surface area contributed by atoms with E-state index in [0.717, 1.165) is 116 Å². The van der Waals surface area contributed by atoms with E-state index in [-0.39, 0.29) is 29.8 Å². The third-order valence-corrected chi connectivity index (χ3v) is 12.3. The van der Waals surface area contributed by atoms with Crippen molar-refractivity contribution in [2.75, 3.05) is 32.8 Å². The number of esters is 2. The molecule has 366 valence electrons. The molecular weight excluding hydrogens is 789 g/mol. The Morgan fingerprint density at radius 3 is 1.56 bits per heavy atom. The molecule has 1 unspecified atom stereocenters. The Hall–Kier alpha value is -2.59. The maximum Gasteiger partial charge on any atom is 0.306 e. The van der Waals surface area contributed by atoms with Gasteiger partial charge in [0.1, 0.15) is 6.10 Å². The summed E-state index contributed by atoms with van der Waals surface area (Å²) >= 11 is 0. The monoisotopic (exact) mass is 887 g/mol. The highest BCUT2D eigenvalue weighted by Crippen LogP contribution is 2.19. The van der Waals surface area contributed by atoms with Crippen molar-refractivity contribution in [3.8, 4) is 0 Å². The fourth-order valence-corrected chi connectivity index (χ4v) is 8.29. The molecule has 1 heterocycles. The lowest BCUT2D eigenvalue weighted by Gasteiger charge is -2.25. The molecular formula is C53H98N4O6. The van der Waals surface area contributed by atoms with Crippen LogP contribution in [0.5, 0.6) is 0 Å². The van der Waals surface area contributed by atoms with Crippen molar-refractivity contribution < 1.29 is 29.0 Å². The van der Waals surface area contributed by atoms with E-state index in [2.05, 4.69) is 41.0 Å². The molecule has 0 saturated heterocycles. The molecule has 0 fully saturated rings.